The van der Waals surface area contributed by atoms with Gasteiger partial charge < -0.3 is 15.4 Å². The summed E-state index contributed by atoms with van der Waals surface area (Å²) in [4.78, 5) is 26.4. The zero-order valence-electron chi connectivity index (χ0n) is 16.3. The molecule has 0 radical (unpaired) electrons. The third-order valence-corrected chi connectivity index (χ3v) is 6.53. The van der Waals surface area contributed by atoms with Gasteiger partial charge in [0, 0.05) is 31.7 Å². The molecule has 1 atom stereocenters. The maximum Gasteiger partial charge on any atom is 0.238 e. The summed E-state index contributed by atoms with van der Waals surface area (Å²) < 4.78 is 5.53. The number of aromatic nitrogens is 2. The van der Waals surface area contributed by atoms with Crippen molar-refractivity contribution in [1.29, 1.82) is 0 Å². The van der Waals surface area contributed by atoms with Crippen molar-refractivity contribution in [3.63, 3.8) is 0 Å². The highest BCUT2D eigenvalue weighted by molar-refractivity contribution is 5.85. The number of hydrogen-bond donors (Lipinski definition) is 1. The smallest absolute Gasteiger partial charge is 0.238 e. The molecule has 0 bridgehead atoms. The van der Waals surface area contributed by atoms with Crippen LogP contribution in [0.4, 0.5) is 5.82 Å². The van der Waals surface area contributed by atoms with Gasteiger partial charge in [-0.25, -0.2) is 9.97 Å². The van der Waals surface area contributed by atoms with Crippen LogP contribution in [0.3, 0.4) is 0 Å². The lowest BCUT2D eigenvalue weighted by atomic mass is 9.83. The van der Waals surface area contributed by atoms with Crippen LogP contribution in [0.5, 0.6) is 0 Å². The number of likely N-dealkylation sites (tertiary alicyclic amines) is 1. The number of rotatable bonds is 4. The Kier molecular flexibility index (Phi) is 5.32. The predicted octanol–water partition coefficient (Wildman–Crippen LogP) is 1.60. The molecule has 4 rings (SSSR count). The van der Waals surface area contributed by atoms with E-state index in [1.165, 1.54) is 6.42 Å². The first-order chi connectivity index (χ1) is 13.1. The first kappa shape index (κ1) is 18.6. The van der Waals surface area contributed by atoms with Crippen molar-refractivity contribution >= 4 is 11.7 Å². The van der Waals surface area contributed by atoms with Crippen molar-refractivity contribution in [2.24, 2.45) is 5.73 Å². The molecule has 3 aliphatic rings. The summed E-state index contributed by atoms with van der Waals surface area (Å²) in [5, 5.41) is 0. The summed E-state index contributed by atoms with van der Waals surface area (Å²) in [6.07, 6.45) is 6.15. The Morgan fingerprint density at radius 1 is 1.19 bits per heavy atom. The van der Waals surface area contributed by atoms with Crippen LogP contribution in [0.25, 0.3) is 0 Å². The van der Waals surface area contributed by atoms with E-state index >= 15 is 0 Å². The predicted molar refractivity (Wildman–Crippen MR) is 104 cm³/mol. The van der Waals surface area contributed by atoms with Crippen LogP contribution in [0.15, 0.2) is 6.07 Å². The minimum absolute atomic E-state index is 0.160. The number of hydrogen-bond acceptors (Lipinski definition) is 6. The molecule has 0 unspecified atom stereocenters. The number of primary amides is 1. The lowest BCUT2D eigenvalue weighted by Gasteiger charge is -2.48. The fourth-order valence-corrected chi connectivity index (χ4v) is 4.86. The molecule has 2 N–H and O–H groups in total. The van der Waals surface area contributed by atoms with E-state index in [0.29, 0.717) is 5.92 Å². The van der Waals surface area contributed by atoms with Crippen molar-refractivity contribution in [3.8, 4) is 0 Å². The molecule has 7 nitrogen and oxygen atoms in total. The fourth-order valence-electron chi connectivity index (χ4n) is 4.86. The average Bonchev–Trinajstić information content (AvgIpc) is 3.23. The molecule has 0 saturated carbocycles. The number of amides is 1. The highest BCUT2D eigenvalue weighted by Gasteiger charge is 2.45. The monoisotopic (exact) mass is 373 g/mol. The molecule has 4 heterocycles. The lowest BCUT2D eigenvalue weighted by Crippen LogP contribution is -2.63. The molecule has 3 aliphatic heterocycles. The van der Waals surface area contributed by atoms with E-state index in [1.54, 1.807) is 0 Å². The second-order valence-electron chi connectivity index (χ2n) is 8.19. The lowest BCUT2D eigenvalue weighted by molar-refractivity contribution is -0.132. The molecule has 7 heteroatoms. The quantitative estimate of drug-likeness (QED) is 0.863. The third kappa shape index (κ3) is 3.67. The van der Waals surface area contributed by atoms with Crippen molar-refractivity contribution in [2.45, 2.75) is 56.9 Å². The van der Waals surface area contributed by atoms with Crippen LogP contribution >= 0.6 is 0 Å². The number of nitrogens with zero attached hydrogens (tertiary/aromatic N) is 4. The van der Waals surface area contributed by atoms with Crippen LogP contribution in [0.1, 0.15) is 56.0 Å². The molecule has 1 amide bonds. The Bertz CT molecular complexity index is 675. The maximum absolute atomic E-state index is 12.4. The zero-order chi connectivity index (χ0) is 18.9. The third-order valence-electron chi connectivity index (χ3n) is 6.53. The van der Waals surface area contributed by atoms with Gasteiger partial charge in [-0.2, -0.15) is 0 Å². The van der Waals surface area contributed by atoms with E-state index in [4.69, 9.17) is 10.5 Å². The Morgan fingerprint density at radius 3 is 2.56 bits per heavy atom. The summed E-state index contributed by atoms with van der Waals surface area (Å²) in [5.74, 6) is 1.98. The first-order valence-corrected chi connectivity index (χ1v) is 10.3. The maximum atomic E-state index is 12.4. The summed E-state index contributed by atoms with van der Waals surface area (Å²) in [6.45, 7) is 7.09. The van der Waals surface area contributed by atoms with Gasteiger partial charge in [0.15, 0.2) is 0 Å². The molecule has 1 aromatic rings. The molecule has 0 spiro atoms. The number of nitrogens with two attached hydrogens (primary N) is 1. The summed E-state index contributed by atoms with van der Waals surface area (Å²) >= 11 is 0. The van der Waals surface area contributed by atoms with Crippen LogP contribution in [-0.4, -0.2) is 65.7 Å². The van der Waals surface area contributed by atoms with Crippen molar-refractivity contribution < 1.29 is 9.53 Å². The van der Waals surface area contributed by atoms with Gasteiger partial charge in [0.05, 0.1) is 12.3 Å². The molecule has 3 fully saturated rings. The van der Waals surface area contributed by atoms with Gasteiger partial charge in [-0.1, -0.05) is 6.42 Å². The van der Waals surface area contributed by atoms with Crippen LogP contribution in [0.2, 0.25) is 0 Å². The standard InChI is InChI=1S/C20H31N5O2/c1-15-22-17(16-5-12-27-14-16)13-18(23-15)24-10-6-20(7-11-24,19(21)26)25-8-3-2-4-9-25/h13,16H,2-12,14H2,1H3,(H2,21,26)/t16-/m0/s1. The molecule has 148 valence electrons. The van der Waals surface area contributed by atoms with Crippen molar-refractivity contribution in [2.75, 3.05) is 44.3 Å². The van der Waals surface area contributed by atoms with Gasteiger partial charge in [0.2, 0.25) is 5.91 Å². The Balaban J connectivity index is 1.50. The highest BCUT2D eigenvalue weighted by atomic mass is 16.5. The van der Waals surface area contributed by atoms with E-state index in [-0.39, 0.29) is 5.91 Å². The van der Waals surface area contributed by atoms with Gasteiger partial charge in [-0.15, -0.1) is 0 Å². The van der Waals surface area contributed by atoms with Gasteiger partial charge in [0.1, 0.15) is 17.2 Å². The number of carbonyl (C=O) groups is 1. The van der Waals surface area contributed by atoms with Gasteiger partial charge in [-0.3, -0.25) is 9.69 Å². The Labute approximate surface area is 161 Å². The van der Waals surface area contributed by atoms with Gasteiger partial charge >= 0.3 is 0 Å². The molecular formula is C20H31N5O2. The first-order valence-electron chi connectivity index (χ1n) is 10.3. The largest absolute Gasteiger partial charge is 0.381 e. The molecular weight excluding hydrogens is 342 g/mol. The van der Waals surface area contributed by atoms with Gasteiger partial charge in [-0.05, 0) is 52.1 Å². The van der Waals surface area contributed by atoms with Gasteiger partial charge in [0.25, 0.3) is 0 Å². The number of ether oxygens (including phenoxy) is 1. The molecule has 0 aromatic carbocycles. The minimum atomic E-state index is -0.485. The number of carbonyl (C=O) groups excluding carboxylic acids is 1. The Hall–Kier alpha value is -1.73. The zero-order valence-corrected chi connectivity index (χ0v) is 16.3. The molecule has 0 aliphatic carbocycles. The molecule has 3 saturated heterocycles. The van der Waals surface area contributed by atoms with E-state index in [2.05, 4.69) is 25.8 Å². The van der Waals surface area contributed by atoms with E-state index in [0.717, 1.165) is 88.8 Å². The van der Waals surface area contributed by atoms with Crippen LogP contribution in [-0.2, 0) is 9.53 Å². The van der Waals surface area contributed by atoms with E-state index < -0.39 is 5.54 Å². The second kappa shape index (κ2) is 7.72. The molecule has 1 aromatic heterocycles. The van der Waals surface area contributed by atoms with Crippen LogP contribution in [0, 0.1) is 6.92 Å². The summed E-state index contributed by atoms with van der Waals surface area (Å²) in [7, 11) is 0. The molecule has 27 heavy (non-hydrogen) atoms. The highest BCUT2D eigenvalue weighted by Crippen LogP contribution is 2.34. The number of anilines is 1. The Morgan fingerprint density at radius 2 is 1.93 bits per heavy atom. The summed E-state index contributed by atoms with van der Waals surface area (Å²) in [5.41, 5.74) is 6.51. The number of aryl methyl sites for hydroxylation is 1. The minimum Gasteiger partial charge on any atom is -0.381 e. The average molecular weight is 374 g/mol. The van der Waals surface area contributed by atoms with Crippen molar-refractivity contribution in [1.82, 2.24) is 14.9 Å². The van der Waals surface area contributed by atoms with Crippen LogP contribution < -0.4 is 10.6 Å². The second-order valence-corrected chi connectivity index (χ2v) is 8.19. The van der Waals surface area contributed by atoms with E-state index in [9.17, 15) is 4.79 Å². The number of piperidine rings is 2. The fraction of sp³-hybridized carbons (Fsp3) is 0.750. The normalized spacial score (nSPS) is 26.3. The van der Waals surface area contributed by atoms with E-state index in [1.807, 2.05) is 6.92 Å². The summed E-state index contributed by atoms with van der Waals surface area (Å²) in [6, 6.07) is 2.12. The SMILES string of the molecule is Cc1nc([C@H]2CCOC2)cc(N2CCC(C(N)=O)(N3CCCCC3)CC2)n1. The van der Waals surface area contributed by atoms with Crippen molar-refractivity contribution in [3.05, 3.63) is 17.6 Å². The topological polar surface area (TPSA) is 84.6 Å².